The van der Waals surface area contributed by atoms with Gasteiger partial charge in [0.15, 0.2) is 0 Å². The first-order valence-electron chi connectivity index (χ1n) is 6.38. The summed E-state index contributed by atoms with van der Waals surface area (Å²) in [6.45, 7) is 1.64. The van der Waals surface area contributed by atoms with Crippen molar-refractivity contribution >= 4 is 11.8 Å². The van der Waals surface area contributed by atoms with Crippen LogP contribution in [0.4, 0.5) is 0 Å². The summed E-state index contributed by atoms with van der Waals surface area (Å²) in [6, 6.07) is 0. The molecule has 0 unspecified atom stereocenters. The van der Waals surface area contributed by atoms with Crippen molar-refractivity contribution in [2.45, 2.75) is 58.3 Å². The summed E-state index contributed by atoms with van der Waals surface area (Å²) in [5.41, 5.74) is 0. The molecule has 0 aliphatic heterocycles. The summed E-state index contributed by atoms with van der Waals surface area (Å²) in [4.78, 5) is 21.5. The van der Waals surface area contributed by atoms with Crippen LogP contribution < -0.4 is 0 Å². The van der Waals surface area contributed by atoms with E-state index >= 15 is 0 Å². The molecule has 0 aliphatic carbocycles. The Hall–Kier alpha value is -1.12. The lowest BCUT2D eigenvalue weighted by Gasteiger charge is -1.98. The Balaban J connectivity index is 3.18. The molecular formula is C14H24O3. The van der Waals surface area contributed by atoms with Gasteiger partial charge in [-0.25, -0.2) is 0 Å². The molecule has 0 N–H and O–H groups in total. The fourth-order valence-electron chi connectivity index (χ4n) is 1.55. The monoisotopic (exact) mass is 240 g/mol. The zero-order chi connectivity index (χ0) is 12.9. The van der Waals surface area contributed by atoms with Gasteiger partial charge in [0.2, 0.25) is 0 Å². The Labute approximate surface area is 104 Å². The molecular weight excluding hydrogens is 216 g/mol. The topological polar surface area (TPSA) is 43.4 Å². The Morgan fingerprint density at radius 2 is 1.65 bits per heavy atom. The molecule has 0 bridgehead atoms. The second kappa shape index (κ2) is 11.4. The van der Waals surface area contributed by atoms with E-state index in [0.29, 0.717) is 6.42 Å². The number of ketones is 1. The molecule has 0 atom stereocenters. The third-order valence-corrected chi connectivity index (χ3v) is 2.58. The van der Waals surface area contributed by atoms with Gasteiger partial charge in [-0.05, 0) is 26.2 Å². The molecule has 0 heterocycles. The van der Waals surface area contributed by atoms with Crippen molar-refractivity contribution in [1.82, 2.24) is 0 Å². The first kappa shape index (κ1) is 15.9. The number of esters is 1. The minimum Gasteiger partial charge on any atom is -0.469 e. The maximum absolute atomic E-state index is 10.8. The van der Waals surface area contributed by atoms with Crippen molar-refractivity contribution in [3.63, 3.8) is 0 Å². The molecule has 0 saturated heterocycles. The van der Waals surface area contributed by atoms with Gasteiger partial charge in [0.1, 0.15) is 5.78 Å². The Kier molecular flexibility index (Phi) is 10.6. The summed E-state index contributed by atoms with van der Waals surface area (Å²) >= 11 is 0. The lowest BCUT2D eigenvalue weighted by molar-refractivity contribution is -0.139. The maximum atomic E-state index is 10.8. The third kappa shape index (κ3) is 12.8. The van der Waals surface area contributed by atoms with Gasteiger partial charge in [0.25, 0.3) is 0 Å². The van der Waals surface area contributed by atoms with Gasteiger partial charge >= 0.3 is 5.97 Å². The smallest absolute Gasteiger partial charge is 0.309 e. The molecule has 0 spiro atoms. The van der Waals surface area contributed by atoms with Crippen LogP contribution in [0.15, 0.2) is 12.2 Å². The van der Waals surface area contributed by atoms with Gasteiger partial charge in [-0.1, -0.05) is 31.4 Å². The second-order valence-electron chi connectivity index (χ2n) is 4.26. The summed E-state index contributed by atoms with van der Waals surface area (Å²) < 4.78 is 4.52. The van der Waals surface area contributed by atoms with Gasteiger partial charge in [0, 0.05) is 6.42 Å². The summed E-state index contributed by atoms with van der Waals surface area (Å²) in [5.74, 6) is 0.0984. The highest BCUT2D eigenvalue weighted by Gasteiger charge is 1.95. The zero-order valence-electron chi connectivity index (χ0n) is 11.0. The van der Waals surface area contributed by atoms with Crippen LogP contribution in [0.3, 0.4) is 0 Å². The molecule has 0 radical (unpaired) electrons. The molecule has 3 nitrogen and oxygen atoms in total. The Bertz CT molecular complexity index is 244. The number of hydrogen-bond acceptors (Lipinski definition) is 3. The second-order valence-corrected chi connectivity index (χ2v) is 4.26. The van der Waals surface area contributed by atoms with Crippen LogP contribution in [0.5, 0.6) is 0 Å². The quantitative estimate of drug-likeness (QED) is 0.334. The van der Waals surface area contributed by atoms with E-state index in [2.05, 4.69) is 4.74 Å². The van der Waals surface area contributed by atoms with E-state index in [4.69, 9.17) is 0 Å². The van der Waals surface area contributed by atoms with E-state index < -0.39 is 0 Å². The SMILES string of the molecule is COC(=O)C/C=C/CCCCCCCC(C)=O. The number of methoxy groups -OCH3 is 1. The molecule has 98 valence electrons. The van der Waals surface area contributed by atoms with E-state index in [1.165, 1.54) is 20.0 Å². The van der Waals surface area contributed by atoms with Crippen molar-refractivity contribution < 1.29 is 14.3 Å². The number of allylic oxidation sites excluding steroid dienone is 1. The van der Waals surface area contributed by atoms with Crippen LogP contribution >= 0.6 is 0 Å². The van der Waals surface area contributed by atoms with Crippen LogP contribution in [0, 0.1) is 0 Å². The molecule has 0 aromatic heterocycles. The largest absolute Gasteiger partial charge is 0.469 e. The lowest BCUT2D eigenvalue weighted by Crippen LogP contribution is -1.96. The molecule has 0 aliphatic rings. The van der Waals surface area contributed by atoms with Gasteiger partial charge < -0.3 is 9.53 Å². The number of carbonyl (C=O) groups excluding carboxylic acids is 2. The number of ether oxygens (including phenoxy) is 1. The molecule has 0 fully saturated rings. The minimum atomic E-state index is -0.189. The van der Waals surface area contributed by atoms with Crippen LogP contribution in [0.1, 0.15) is 58.3 Å². The van der Waals surface area contributed by atoms with Crippen LogP contribution in [-0.2, 0) is 14.3 Å². The average Bonchev–Trinajstić information content (AvgIpc) is 2.30. The molecule has 0 amide bonds. The van der Waals surface area contributed by atoms with Crippen LogP contribution in [0.2, 0.25) is 0 Å². The fourth-order valence-corrected chi connectivity index (χ4v) is 1.55. The number of Topliss-reactive ketones (excluding diaryl/α,β-unsaturated/α-hetero) is 1. The van der Waals surface area contributed by atoms with E-state index in [9.17, 15) is 9.59 Å². The van der Waals surface area contributed by atoms with Crippen LogP contribution in [-0.4, -0.2) is 18.9 Å². The zero-order valence-corrected chi connectivity index (χ0v) is 11.0. The van der Waals surface area contributed by atoms with Crippen molar-refractivity contribution in [3.8, 4) is 0 Å². The van der Waals surface area contributed by atoms with Crippen LogP contribution in [0.25, 0.3) is 0 Å². The summed E-state index contributed by atoms with van der Waals surface area (Å²) in [6.07, 6.45) is 11.7. The van der Waals surface area contributed by atoms with Crippen molar-refractivity contribution in [3.05, 3.63) is 12.2 Å². The van der Waals surface area contributed by atoms with Crippen molar-refractivity contribution in [1.29, 1.82) is 0 Å². The predicted molar refractivity (Wildman–Crippen MR) is 68.8 cm³/mol. The number of carbonyl (C=O) groups is 2. The molecule has 0 aromatic carbocycles. The normalized spacial score (nSPS) is 10.7. The van der Waals surface area contributed by atoms with Gasteiger partial charge in [-0.15, -0.1) is 0 Å². The number of rotatable bonds is 10. The first-order chi connectivity index (χ1) is 8.16. The lowest BCUT2D eigenvalue weighted by atomic mass is 10.1. The summed E-state index contributed by atoms with van der Waals surface area (Å²) in [5, 5.41) is 0. The van der Waals surface area contributed by atoms with Crippen molar-refractivity contribution in [2.24, 2.45) is 0 Å². The maximum Gasteiger partial charge on any atom is 0.309 e. The van der Waals surface area contributed by atoms with Gasteiger partial charge in [-0.3, -0.25) is 4.79 Å². The van der Waals surface area contributed by atoms with E-state index in [-0.39, 0.29) is 11.8 Å². The van der Waals surface area contributed by atoms with Gasteiger partial charge in [-0.2, -0.15) is 0 Å². The fraction of sp³-hybridized carbons (Fsp3) is 0.714. The Morgan fingerprint density at radius 3 is 2.29 bits per heavy atom. The highest BCUT2D eigenvalue weighted by molar-refractivity contribution is 5.75. The third-order valence-electron chi connectivity index (χ3n) is 2.58. The van der Waals surface area contributed by atoms with E-state index in [1.807, 2.05) is 12.2 Å². The number of hydrogen-bond donors (Lipinski definition) is 0. The average molecular weight is 240 g/mol. The van der Waals surface area contributed by atoms with Crippen molar-refractivity contribution in [2.75, 3.05) is 7.11 Å². The van der Waals surface area contributed by atoms with E-state index in [0.717, 1.165) is 32.1 Å². The number of unbranched alkanes of at least 4 members (excludes halogenated alkanes) is 5. The molecule has 3 heteroatoms. The van der Waals surface area contributed by atoms with Gasteiger partial charge in [0.05, 0.1) is 13.5 Å². The first-order valence-corrected chi connectivity index (χ1v) is 6.38. The Morgan fingerprint density at radius 1 is 1.00 bits per heavy atom. The van der Waals surface area contributed by atoms with E-state index in [1.54, 1.807) is 6.92 Å². The highest BCUT2D eigenvalue weighted by Crippen LogP contribution is 2.07. The standard InChI is InChI=1S/C14H24O3/c1-13(15)11-9-7-5-3-4-6-8-10-12-14(16)17-2/h8,10H,3-7,9,11-12H2,1-2H3/b10-8+. The summed E-state index contributed by atoms with van der Waals surface area (Å²) in [7, 11) is 1.40. The highest BCUT2D eigenvalue weighted by atomic mass is 16.5. The molecule has 17 heavy (non-hydrogen) atoms. The molecule has 0 saturated carbocycles. The minimum absolute atomic E-state index is 0.189. The molecule has 0 aromatic rings. The predicted octanol–water partition coefficient (Wildman–Crippen LogP) is 3.43. The molecule has 0 rings (SSSR count).